The maximum atomic E-state index is 5.57. The Hall–Kier alpha value is -0.380. The molecule has 0 radical (unpaired) electrons. The van der Waals surface area contributed by atoms with E-state index in [4.69, 9.17) is 4.74 Å². The molecule has 1 fully saturated rings. The molecule has 1 N–H and O–H groups in total. The van der Waals surface area contributed by atoms with Gasteiger partial charge in [0.1, 0.15) is 0 Å². The predicted octanol–water partition coefficient (Wildman–Crippen LogP) is 3.87. The van der Waals surface area contributed by atoms with E-state index in [1.807, 2.05) is 11.3 Å². The molecule has 3 heteroatoms. The second-order valence-electron chi connectivity index (χ2n) is 6.80. The molecule has 0 amide bonds. The monoisotopic (exact) mass is 281 g/mol. The van der Waals surface area contributed by atoms with Crippen molar-refractivity contribution in [2.45, 2.75) is 52.0 Å². The van der Waals surface area contributed by atoms with E-state index in [0.29, 0.717) is 5.41 Å². The van der Waals surface area contributed by atoms with Crippen LogP contribution in [0.3, 0.4) is 0 Å². The lowest BCUT2D eigenvalue weighted by atomic mass is 9.75. The van der Waals surface area contributed by atoms with E-state index < -0.39 is 0 Å². The smallest absolute Gasteiger partial charge is 0.0471 e. The van der Waals surface area contributed by atoms with E-state index in [1.54, 1.807) is 0 Å². The summed E-state index contributed by atoms with van der Waals surface area (Å²) in [6, 6.07) is 4.42. The molecule has 0 aromatic carbocycles. The van der Waals surface area contributed by atoms with Gasteiger partial charge in [-0.05, 0) is 63.3 Å². The lowest BCUT2D eigenvalue weighted by Gasteiger charge is -2.39. The van der Waals surface area contributed by atoms with Crippen molar-refractivity contribution in [1.82, 2.24) is 5.32 Å². The van der Waals surface area contributed by atoms with E-state index in [2.05, 4.69) is 43.6 Å². The molecule has 0 saturated carbocycles. The Balaban J connectivity index is 1.93. The minimum atomic E-state index is 0.203. The number of nitrogens with one attached hydrogen (secondary N) is 1. The van der Waals surface area contributed by atoms with E-state index in [-0.39, 0.29) is 5.54 Å². The fraction of sp³-hybridized carbons (Fsp3) is 0.750. The summed E-state index contributed by atoms with van der Waals surface area (Å²) < 4.78 is 5.57. The van der Waals surface area contributed by atoms with Crippen LogP contribution < -0.4 is 5.32 Å². The number of hydrogen-bond acceptors (Lipinski definition) is 3. The zero-order chi connectivity index (χ0) is 13.8. The van der Waals surface area contributed by atoms with Crippen LogP contribution >= 0.6 is 11.3 Å². The molecule has 1 aromatic rings. The molecule has 0 unspecified atom stereocenters. The van der Waals surface area contributed by atoms with Crippen molar-refractivity contribution in [3.8, 4) is 0 Å². The Morgan fingerprint density at radius 2 is 2.05 bits per heavy atom. The minimum absolute atomic E-state index is 0.203. The SMILES string of the molecule is CC(C)(C)NCC1(CCc2cccs2)CCOCC1. The van der Waals surface area contributed by atoms with Crippen LogP contribution in [0.25, 0.3) is 0 Å². The summed E-state index contributed by atoms with van der Waals surface area (Å²) in [7, 11) is 0. The maximum Gasteiger partial charge on any atom is 0.0471 e. The van der Waals surface area contributed by atoms with Gasteiger partial charge >= 0.3 is 0 Å². The molecule has 1 aromatic heterocycles. The van der Waals surface area contributed by atoms with Gasteiger partial charge in [-0.3, -0.25) is 0 Å². The Morgan fingerprint density at radius 3 is 2.63 bits per heavy atom. The van der Waals surface area contributed by atoms with E-state index in [1.165, 1.54) is 30.6 Å². The summed E-state index contributed by atoms with van der Waals surface area (Å²) >= 11 is 1.88. The highest BCUT2D eigenvalue weighted by Crippen LogP contribution is 2.35. The van der Waals surface area contributed by atoms with Crippen molar-refractivity contribution < 1.29 is 4.74 Å². The standard InChI is InChI=1S/C16H27NOS/c1-15(2,3)17-13-16(8-10-18-11-9-16)7-6-14-5-4-12-19-14/h4-5,12,17H,6-11,13H2,1-3H3. The topological polar surface area (TPSA) is 21.3 Å². The van der Waals surface area contributed by atoms with Crippen molar-refractivity contribution in [2.75, 3.05) is 19.8 Å². The molecule has 19 heavy (non-hydrogen) atoms. The second kappa shape index (κ2) is 6.38. The van der Waals surface area contributed by atoms with E-state index in [0.717, 1.165) is 19.8 Å². The highest BCUT2D eigenvalue weighted by atomic mass is 32.1. The van der Waals surface area contributed by atoms with E-state index in [9.17, 15) is 0 Å². The Morgan fingerprint density at radius 1 is 1.32 bits per heavy atom. The summed E-state index contributed by atoms with van der Waals surface area (Å²) in [5, 5.41) is 5.89. The molecule has 1 aliphatic rings. The van der Waals surface area contributed by atoms with Crippen LogP contribution in [0, 0.1) is 5.41 Å². The Labute approximate surface area is 121 Å². The molecule has 0 spiro atoms. The molecule has 0 bridgehead atoms. The first-order chi connectivity index (χ1) is 8.99. The third-order valence-corrected chi connectivity index (χ3v) is 4.97. The minimum Gasteiger partial charge on any atom is -0.381 e. The van der Waals surface area contributed by atoms with Crippen molar-refractivity contribution in [3.05, 3.63) is 22.4 Å². The van der Waals surface area contributed by atoms with Crippen LogP contribution in [0.1, 0.15) is 44.9 Å². The third-order valence-electron chi connectivity index (χ3n) is 4.03. The molecule has 0 atom stereocenters. The number of ether oxygens (including phenoxy) is 1. The summed E-state index contributed by atoms with van der Waals surface area (Å²) in [6.45, 7) is 9.72. The molecular weight excluding hydrogens is 254 g/mol. The normalized spacial score (nSPS) is 19.5. The van der Waals surface area contributed by atoms with Crippen LogP contribution in [0.5, 0.6) is 0 Å². The molecule has 0 aliphatic carbocycles. The zero-order valence-electron chi connectivity index (χ0n) is 12.5. The van der Waals surface area contributed by atoms with Gasteiger partial charge in [0.2, 0.25) is 0 Å². The van der Waals surface area contributed by atoms with Crippen molar-refractivity contribution in [3.63, 3.8) is 0 Å². The first-order valence-electron chi connectivity index (χ1n) is 7.34. The fourth-order valence-corrected chi connectivity index (χ4v) is 3.32. The Kier molecular flexibility index (Phi) is 5.04. The fourth-order valence-electron chi connectivity index (χ4n) is 2.62. The lowest BCUT2D eigenvalue weighted by molar-refractivity contribution is 0.00784. The first kappa shape index (κ1) is 15.0. The number of aryl methyl sites for hydroxylation is 1. The van der Waals surface area contributed by atoms with Gasteiger partial charge < -0.3 is 10.1 Å². The van der Waals surface area contributed by atoms with Gasteiger partial charge in [-0.25, -0.2) is 0 Å². The average Bonchev–Trinajstić information content (AvgIpc) is 2.88. The summed E-state index contributed by atoms with van der Waals surface area (Å²) in [5.41, 5.74) is 0.629. The van der Waals surface area contributed by atoms with Gasteiger partial charge in [-0.2, -0.15) is 0 Å². The highest BCUT2D eigenvalue weighted by Gasteiger charge is 2.33. The number of hydrogen-bond donors (Lipinski definition) is 1. The van der Waals surface area contributed by atoms with Crippen molar-refractivity contribution in [2.24, 2.45) is 5.41 Å². The van der Waals surface area contributed by atoms with E-state index >= 15 is 0 Å². The number of rotatable bonds is 5. The lowest BCUT2D eigenvalue weighted by Crippen LogP contribution is -2.46. The van der Waals surface area contributed by atoms with Gasteiger partial charge in [0.05, 0.1) is 0 Å². The number of thiophene rings is 1. The average molecular weight is 281 g/mol. The van der Waals surface area contributed by atoms with Crippen LogP contribution in [0.2, 0.25) is 0 Å². The Bertz CT molecular complexity index is 361. The van der Waals surface area contributed by atoms with Crippen molar-refractivity contribution >= 4 is 11.3 Å². The summed E-state index contributed by atoms with van der Waals surface area (Å²) in [5.74, 6) is 0. The van der Waals surface area contributed by atoms with Crippen molar-refractivity contribution in [1.29, 1.82) is 0 Å². The van der Waals surface area contributed by atoms with Gasteiger partial charge in [0.15, 0.2) is 0 Å². The summed E-state index contributed by atoms with van der Waals surface area (Å²) in [4.78, 5) is 1.52. The van der Waals surface area contributed by atoms with Crippen LogP contribution in [-0.4, -0.2) is 25.3 Å². The molecular formula is C16H27NOS. The highest BCUT2D eigenvalue weighted by molar-refractivity contribution is 7.09. The third kappa shape index (κ3) is 4.90. The molecule has 2 rings (SSSR count). The maximum absolute atomic E-state index is 5.57. The largest absolute Gasteiger partial charge is 0.381 e. The van der Waals surface area contributed by atoms with Crippen LogP contribution in [-0.2, 0) is 11.2 Å². The van der Waals surface area contributed by atoms with Gasteiger partial charge in [0, 0.05) is 30.2 Å². The predicted molar refractivity (Wildman–Crippen MR) is 82.9 cm³/mol. The van der Waals surface area contributed by atoms with Gasteiger partial charge in [-0.15, -0.1) is 11.3 Å². The molecule has 2 nitrogen and oxygen atoms in total. The molecule has 1 aliphatic heterocycles. The molecule has 2 heterocycles. The molecule has 1 saturated heterocycles. The molecule has 108 valence electrons. The zero-order valence-corrected chi connectivity index (χ0v) is 13.3. The van der Waals surface area contributed by atoms with Gasteiger partial charge in [0.25, 0.3) is 0 Å². The van der Waals surface area contributed by atoms with Crippen LogP contribution in [0.4, 0.5) is 0 Å². The second-order valence-corrected chi connectivity index (χ2v) is 7.83. The quantitative estimate of drug-likeness (QED) is 0.884. The summed E-state index contributed by atoms with van der Waals surface area (Å²) in [6.07, 6.45) is 4.88. The van der Waals surface area contributed by atoms with Crippen LogP contribution in [0.15, 0.2) is 17.5 Å². The van der Waals surface area contributed by atoms with Gasteiger partial charge in [-0.1, -0.05) is 6.07 Å². The first-order valence-corrected chi connectivity index (χ1v) is 8.22.